The maximum absolute atomic E-state index is 12.2. The van der Waals surface area contributed by atoms with Crippen LogP contribution < -0.4 is 4.74 Å². The van der Waals surface area contributed by atoms with E-state index < -0.39 is 0 Å². The highest BCUT2D eigenvalue weighted by Crippen LogP contribution is 2.40. The first-order chi connectivity index (χ1) is 11.5. The highest BCUT2D eigenvalue weighted by Gasteiger charge is 2.52. The van der Waals surface area contributed by atoms with Gasteiger partial charge in [0.05, 0.1) is 7.11 Å². The zero-order chi connectivity index (χ0) is 17.2. The quantitative estimate of drug-likeness (QED) is 0.722. The van der Waals surface area contributed by atoms with E-state index in [1.807, 2.05) is 23.1 Å². The van der Waals surface area contributed by atoms with Crippen LogP contribution in [0.15, 0.2) is 36.9 Å². The summed E-state index contributed by atoms with van der Waals surface area (Å²) in [5.41, 5.74) is 1.64. The molecule has 0 saturated carbocycles. The van der Waals surface area contributed by atoms with Gasteiger partial charge in [-0.25, -0.2) is 0 Å². The van der Waals surface area contributed by atoms with E-state index in [1.54, 1.807) is 7.11 Å². The van der Waals surface area contributed by atoms with Crippen molar-refractivity contribution < 1.29 is 9.53 Å². The number of ether oxygens (including phenoxy) is 1. The minimum Gasteiger partial charge on any atom is -0.497 e. The smallest absolute Gasteiger partial charge is 0.222 e. The minimum absolute atomic E-state index is 0.307. The molecule has 0 unspecified atom stereocenters. The van der Waals surface area contributed by atoms with Gasteiger partial charge in [0.25, 0.3) is 0 Å². The molecule has 24 heavy (non-hydrogen) atoms. The molecule has 4 nitrogen and oxygen atoms in total. The molecular formula is C20H28N2O2. The molecule has 4 heteroatoms. The molecule has 1 atom stereocenters. The molecule has 2 saturated heterocycles. The molecule has 0 aromatic heterocycles. The van der Waals surface area contributed by atoms with Gasteiger partial charge in [0.1, 0.15) is 5.75 Å². The molecule has 2 aliphatic rings. The molecule has 2 aliphatic heterocycles. The number of amides is 1. The largest absolute Gasteiger partial charge is 0.497 e. The molecule has 0 radical (unpaired) electrons. The van der Waals surface area contributed by atoms with E-state index >= 15 is 0 Å². The zero-order valence-electron chi connectivity index (χ0n) is 14.8. The number of methoxy groups -OCH3 is 1. The molecule has 0 N–H and O–H groups in total. The zero-order valence-corrected chi connectivity index (χ0v) is 14.8. The van der Waals surface area contributed by atoms with Gasteiger partial charge in [-0.3, -0.25) is 9.69 Å². The fourth-order valence-corrected chi connectivity index (χ4v) is 3.98. The summed E-state index contributed by atoms with van der Waals surface area (Å²) in [6.45, 7) is 10.9. The summed E-state index contributed by atoms with van der Waals surface area (Å²) in [6, 6.07) is 8.26. The highest BCUT2D eigenvalue weighted by molar-refractivity contribution is 5.77. The summed E-state index contributed by atoms with van der Waals surface area (Å²) in [5.74, 6) is 1.62. The predicted molar refractivity (Wildman–Crippen MR) is 95.9 cm³/mol. The molecule has 1 spiro atoms. The Morgan fingerprint density at radius 1 is 1.38 bits per heavy atom. The fraction of sp³-hybridized carbons (Fsp3) is 0.550. The van der Waals surface area contributed by atoms with Crippen molar-refractivity contribution in [3.05, 3.63) is 42.5 Å². The maximum atomic E-state index is 12.2. The van der Waals surface area contributed by atoms with Crippen LogP contribution in [-0.2, 0) is 11.3 Å². The Balaban J connectivity index is 1.41. The van der Waals surface area contributed by atoms with Crippen LogP contribution in [0.25, 0.3) is 0 Å². The van der Waals surface area contributed by atoms with Crippen molar-refractivity contribution in [1.82, 2.24) is 9.80 Å². The van der Waals surface area contributed by atoms with Crippen LogP contribution in [0.1, 0.15) is 25.3 Å². The summed E-state index contributed by atoms with van der Waals surface area (Å²) in [4.78, 5) is 16.7. The standard InChI is InChI=1S/C20H28N2O2/c1-4-6-16(2)9-19(23)22-14-20(15-22)12-21(13-20)11-17-7-5-8-18(10-17)24-3/h4-5,7-8,10,16H,1,6,9,11-15H2,2-3H3/t16-/m0/s1. The topological polar surface area (TPSA) is 32.8 Å². The third-order valence-electron chi connectivity index (χ3n) is 5.16. The molecular weight excluding hydrogens is 300 g/mol. The van der Waals surface area contributed by atoms with Gasteiger partial charge in [-0.15, -0.1) is 6.58 Å². The number of nitrogens with zero attached hydrogens (tertiary/aromatic N) is 2. The Morgan fingerprint density at radius 2 is 2.12 bits per heavy atom. The second-order valence-corrected chi connectivity index (χ2v) is 7.58. The minimum atomic E-state index is 0.307. The summed E-state index contributed by atoms with van der Waals surface area (Å²) in [6.07, 6.45) is 3.46. The average molecular weight is 328 g/mol. The van der Waals surface area contributed by atoms with Crippen molar-refractivity contribution in [1.29, 1.82) is 0 Å². The van der Waals surface area contributed by atoms with Crippen LogP contribution in [0.5, 0.6) is 5.75 Å². The Hall–Kier alpha value is -1.81. The summed E-state index contributed by atoms with van der Waals surface area (Å²) >= 11 is 0. The Bertz CT molecular complexity index is 599. The predicted octanol–water partition coefficient (Wildman–Crippen LogP) is 2.94. The van der Waals surface area contributed by atoms with Crippen LogP contribution in [0.4, 0.5) is 0 Å². The monoisotopic (exact) mass is 328 g/mol. The van der Waals surface area contributed by atoms with Gasteiger partial charge in [-0.1, -0.05) is 25.1 Å². The summed E-state index contributed by atoms with van der Waals surface area (Å²) < 4.78 is 5.28. The molecule has 1 aromatic rings. The fourth-order valence-electron chi connectivity index (χ4n) is 3.98. The normalized spacial score (nSPS) is 20.2. The van der Waals surface area contributed by atoms with Gasteiger partial charge in [-0.05, 0) is 30.0 Å². The summed E-state index contributed by atoms with van der Waals surface area (Å²) in [5, 5.41) is 0. The average Bonchev–Trinajstić information content (AvgIpc) is 2.48. The van der Waals surface area contributed by atoms with Crippen LogP contribution >= 0.6 is 0 Å². The lowest BCUT2D eigenvalue weighted by Crippen LogP contribution is -2.72. The molecule has 0 bridgehead atoms. The van der Waals surface area contributed by atoms with E-state index in [-0.39, 0.29) is 0 Å². The second-order valence-electron chi connectivity index (χ2n) is 7.58. The Morgan fingerprint density at radius 3 is 2.79 bits per heavy atom. The first-order valence-electron chi connectivity index (χ1n) is 8.77. The molecule has 0 aliphatic carbocycles. The van der Waals surface area contributed by atoms with Crippen LogP contribution in [0.3, 0.4) is 0 Å². The number of hydrogen-bond donors (Lipinski definition) is 0. The van der Waals surface area contributed by atoms with Crippen molar-refractivity contribution in [3.63, 3.8) is 0 Å². The first-order valence-corrected chi connectivity index (χ1v) is 8.77. The van der Waals surface area contributed by atoms with Crippen molar-refractivity contribution >= 4 is 5.91 Å². The van der Waals surface area contributed by atoms with E-state index in [0.717, 1.165) is 44.9 Å². The van der Waals surface area contributed by atoms with Crippen molar-refractivity contribution in [2.75, 3.05) is 33.3 Å². The van der Waals surface area contributed by atoms with Crippen LogP contribution in [0.2, 0.25) is 0 Å². The molecule has 1 amide bonds. The molecule has 2 heterocycles. The van der Waals surface area contributed by atoms with Gasteiger partial charge in [0.15, 0.2) is 0 Å². The Kier molecular flexibility index (Phi) is 4.95. The van der Waals surface area contributed by atoms with E-state index in [4.69, 9.17) is 4.74 Å². The van der Waals surface area contributed by atoms with Crippen molar-refractivity contribution in [2.45, 2.75) is 26.3 Å². The lowest BCUT2D eigenvalue weighted by molar-refractivity contribution is -0.160. The third-order valence-corrected chi connectivity index (χ3v) is 5.16. The number of rotatable bonds is 7. The van der Waals surface area contributed by atoms with Gasteiger partial charge in [0.2, 0.25) is 5.91 Å². The van der Waals surface area contributed by atoms with E-state index in [1.165, 1.54) is 5.56 Å². The second kappa shape index (κ2) is 6.98. The molecule has 2 fully saturated rings. The van der Waals surface area contributed by atoms with Crippen LogP contribution in [0, 0.1) is 11.3 Å². The van der Waals surface area contributed by atoms with E-state index in [2.05, 4.69) is 30.5 Å². The number of hydrogen-bond acceptors (Lipinski definition) is 3. The number of allylic oxidation sites excluding steroid dienone is 1. The van der Waals surface area contributed by atoms with Crippen molar-refractivity contribution in [2.24, 2.45) is 11.3 Å². The van der Waals surface area contributed by atoms with E-state index in [9.17, 15) is 4.79 Å². The highest BCUT2D eigenvalue weighted by atomic mass is 16.5. The summed E-state index contributed by atoms with van der Waals surface area (Å²) in [7, 11) is 1.70. The van der Waals surface area contributed by atoms with Gasteiger partial charge >= 0.3 is 0 Å². The molecule has 3 rings (SSSR count). The number of carbonyl (C=O) groups excluding carboxylic acids is 1. The number of carbonyl (C=O) groups is 1. The van der Waals surface area contributed by atoms with Gasteiger partial charge < -0.3 is 9.64 Å². The molecule has 130 valence electrons. The SMILES string of the molecule is C=CC[C@H](C)CC(=O)N1CC2(CN(Cc3cccc(OC)c3)C2)C1. The molecule has 1 aromatic carbocycles. The Labute approximate surface area is 145 Å². The lowest BCUT2D eigenvalue weighted by Gasteiger charge is -2.60. The lowest BCUT2D eigenvalue weighted by atomic mass is 9.72. The van der Waals surface area contributed by atoms with Gasteiger partial charge in [0, 0.05) is 44.6 Å². The van der Waals surface area contributed by atoms with Crippen molar-refractivity contribution in [3.8, 4) is 5.75 Å². The third kappa shape index (κ3) is 3.64. The van der Waals surface area contributed by atoms with E-state index in [0.29, 0.717) is 23.7 Å². The van der Waals surface area contributed by atoms with Gasteiger partial charge in [-0.2, -0.15) is 0 Å². The maximum Gasteiger partial charge on any atom is 0.222 e. The number of benzene rings is 1. The number of likely N-dealkylation sites (tertiary alicyclic amines) is 2. The van der Waals surface area contributed by atoms with Crippen LogP contribution in [-0.4, -0.2) is 49.0 Å². The first kappa shape index (κ1) is 17.0.